The average molecular weight is 372 g/mol. The van der Waals surface area contributed by atoms with Crippen LogP contribution in [0.5, 0.6) is 0 Å². The fraction of sp³-hybridized carbons (Fsp3) is 0.684. The summed E-state index contributed by atoms with van der Waals surface area (Å²) in [5.74, 6) is 1.96. The van der Waals surface area contributed by atoms with E-state index in [0.29, 0.717) is 13.2 Å². The summed E-state index contributed by atoms with van der Waals surface area (Å²) in [6.45, 7) is 5.96. The number of amides is 1. The van der Waals surface area contributed by atoms with Crippen LogP contribution in [0.1, 0.15) is 38.4 Å². The van der Waals surface area contributed by atoms with Crippen LogP contribution in [0.3, 0.4) is 0 Å². The van der Waals surface area contributed by atoms with Crippen molar-refractivity contribution in [1.82, 2.24) is 24.6 Å². The number of anilines is 1. The number of aryl methyl sites for hydroxylation is 2. The Kier molecular flexibility index (Phi) is 5.24. The Labute approximate surface area is 159 Å². The molecule has 8 heteroatoms. The predicted octanol–water partition coefficient (Wildman–Crippen LogP) is 1.53. The van der Waals surface area contributed by atoms with E-state index in [1.165, 1.54) is 0 Å². The molecule has 2 aromatic rings. The van der Waals surface area contributed by atoms with Gasteiger partial charge in [0.05, 0.1) is 11.6 Å². The number of hydrogen-bond acceptors (Lipinski definition) is 6. The highest BCUT2D eigenvalue weighted by Crippen LogP contribution is 2.25. The third-order valence-electron chi connectivity index (χ3n) is 5.40. The zero-order valence-corrected chi connectivity index (χ0v) is 16.2. The number of fused-ring (bicyclic) bond motifs is 1. The van der Waals surface area contributed by atoms with Crippen molar-refractivity contribution in [1.29, 1.82) is 0 Å². The van der Waals surface area contributed by atoms with Crippen LogP contribution in [0.2, 0.25) is 0 Å². The van der Waals surface area contributed by atoms with Gasteiger partial charge in [-0.1, -0.05) is 6.92 Å². The second-order valence-electron chi connectivity index (χ2n) is 7.39. The van der Waals surface area contributed by atoms with Crippen molar-refractivity contribution in [2.45, 2.75) is 45.1 Å². The van der Waals surface area contributed by atoms with Gasteiger partial charge in [-0.3, -0.25) is 9.48 Å². The van der Waals surface area contributed by atoms with Crippen LogP contribution < -0.4 is 4.90 Å². The van der Waals surface area contributed by atoms with Gasteiger partial charge in [-0.05, 0) is 25.7 Å². The van der Waals surface area contributed by atoms with E-state index in [2.05, 4.69) is 21.9 Å². The molecule has 2 aliphatic heterocycles. The fourth-order valence-electron chi connectivity index (χ4n) is 3.95. The van der Waals surface area contributed by atoms with Crippen LogP contribution in [0.15, 0.2) is 6.20 Å². The number of aromatic nitrogens is 4. The normalized spacial score (nSPS) is 21.0. The topological polar surface area (TPSA) is 76.4 Å². The van der Waals surface area contributed by atoms with E-state index in [-0.39, 0.29) is 12.0 Å². The lowest BCUT2D eigenvalue weighted by Gasteiger charge is -2.25. The van der Waals surface area contributed by atoms with E-state index in [0.717, 1.165) is 74.4 Å². The zero-order chi connectivity index (χ0) is 18.8. The van der Waals surface area contributed by atoms with Gasteiger partial charge in [0.25, 0.3) is 5.91 Å². The van der Waals surface area contributed by atoms with Gasteiger partial charge in [0, 0.05) is 46.3 Å². The highest BCUT2D eigenvalue weighted by molar-refractivity contribution is 5.87. The molecule has 4 rings (SSSR count). The number of carbonyl (C=O) groups is 1. The summed E-state index contributed by atoms with van der Waals surface area (Å²) in [4.78, 5) is 26.5. The second-order valence-corrected chi connectivity index (χ2v) is 7.39. The van der Waals surface area contributed by atoms with Gasteiger partial charge in [0.15, 0.2) is 5.65 Å². The molecule has 0 bridgehead atoms. The fourth-order valence-corrected chi connectivity index (χ4v) is 3.95. The second kappa shape index (κ2) is 7.80. The Morgan fingerprint density at radius 1 is 1.22 bits per heavy atom. The summed E-state index contributed by atoms with van der Waals surface area (Å²) >= 11 is 0. The van der Waals surface area contributed by atoms with E-state index in [1.807, 2.05) is 22.8 Å². The van der Waals surface area contributed by atoms with Gasteiger partial charge in [0.1, 0.15) is 17.7 Å². The number of carbonyl (C=O) groups excluding carboxylic acids is 1. The summed E-state index contributed by atoms with van der Waals surface area (Å²) in [6, 6.07) is 0. The Morgan fingerprint density at radius 2 is 2.11 bits per heavy atom. The van der Waals surface area contributed by atoms with Crippen molar-refractivity contribution in [3.63, 3.8) is 0 Å². The number of ether oxygens (including phenoxy) is 1. The maximum atomic E-state index is 12.7. The van der Waals surface area contributed by atoms with Gasteiger partial charge in [-0.15, -0.1) is 0 Å². The van der Waals surface area contributed by atoms with Crippen molar-refractivity contribution < 1.29 is 9.53 Å². The molecule has 8 nitrogen and oxygen atoms in total. The Bertz CT molecular complexity index is 814. The first-order valence-electron chi connectivity index (χ1n) is 10.0. The molecule has 2 aromatic heterocycles. The lowest BCUT2D eigenvalue weighted by Crippen LogP contribution is -2.41. The highest BCUT2D eigenvalue weighted by Gasteiger charge is 2.30. The van der Waals surface area contributed by atoms with Crippen LogP contribution in [-0.2, 0) is 23.0 Å². The van der Waals surface area contributed by atoms with Gasteiger partial charge < -0.3 is 14.5 Å². The summed E-state index contributed by atoms with van der Waals surface area (Å²) < 4.78 is 7.40. The van der Waals surface area contributed by atoms with Crippen molar-refractivity contribution in [2.24, 2.45) is 7.05 Å². The first-order chi connectivity index (χ1) is 13.2. The number of hydrogen-bond donors (Lipinski definition) is 0. The molecule has 0 aromatic carbocycles. The maximum absolute atomic E-state index is 12.7. The summed E-state index contributed by atoms with van der Waals surface area (Å²) in [5.41, 5.74) is 0.875. The van der Waals surface area contributed by atoms with E-state index in [4.69, 9.17) is 9.72 Å². The summed E-state index contributed by atoms with van der Waals surface area (Å²) in [7, 11) is 1.92. The minimum Gasteiger partial charge on any atom is -0.368 e. The van der Waals surface area contributed by atoms with E-state index in [1.54, 1.807) is 0 Å². The molecule has 2 saturated heterocycles. The number of rotatable bonds is 4. The Balaban J connectivity index is 1.56. The molecular formula is C19H28N6O2. The zero-order valence-electron chi connectivity index (χ0n) is 16.2. The molecule has 0 spiro atoms. The molecule has 0 radical (unpaired) electrons. The van der Waals surface area contributed by atoms with Crippen molar-refractivity contribution in [3.8, 4) is 0 Å². The lowest BCUT2D eigenvalue weighted by molar-refractivity contribution is -0.140. The minimum absolute atomic E-state index is 0.148. The van der Waals surface area contributed by atoms with Gasteiger partial charge in [-0.2, -0.15) is 5.10 Å². The van der Waals surface area contributed by atoms with Gasteiger partial charge >= 0.3 is 0 Å². The minimum atomic E-state index is -0.239. The van der Waals surface area contributed by atoms with E-state index < -0.39 is 0 Å². The van der Waals surface area contributed by atoms with Crippen LogP contribution in [0.4, 0.5) is 5.82 Å². The first-order valence-corrected chi connectivity index (χ1v) is 10.0. The van der Waals surface area contributed by atoms with Crippen molar-refractivity contribution >= 4 is 22.8 Å². The molecule has 27 heavy (non-hydrogen) atoms. The molecule has 0 unspecified atom stereocenters. The third-order valence-corrected chi connectivity index (χ3v) is 5.40. The largest absolute Gasteiger partial charge is 0.368 e. The molecule has 0 aliphatic carbocycles. The average Bonchev–Trinajstić information content (AvgIpc) is 3.26. The monoisotopic (exact) mass is 372 g/mol. The molecule has 1 amide bonds. The summed E-state index contributed by atoms with van der Waals surface area (Å²) in [5, 5.41) is 5.36. The predicted molar refractivity (Wildman–Crippen MR) is 103 cm³/mol. The standard InChI is InChI=1S/C19H28N6O2/c1-3-6-16-21-17-14(13-20-23(17)2)18(22-16)24-8-5-9-25(11-10-24)19(26)15-7-4-12-27-15/h13,15H,3-12H2,1-2H3/t15-/m1/s1. The molecule has 2 aliphatic rings. The van der Waals surface area contributed by atoms with Crippen LogP contribution in [-0.4, -0.2) is 69.4 Å². The SMILES string of the molecule is CCCc1nc(N2CCCN(C(=O)[C@H]3CCCO3)CC2)c2cnn(C)c2n1. The van der Waals surface area contributed by atoms with Gasteiger partial charge in [-0.25, -0.2) is 9.97 Å². The molecule has 1 atom stereocenters. The van der Waals surface area contributed by atoms with E-state index in [9.17, 15) is 4.79 Å². The molecule has 2 fully saturated rings. The number of nitrogens with zero attached hydrogens (tertiary/aromatic N) is 6. The van der Waals surface area contributed by atoms with Crippen LogP contribution in [0.25, 0.3) is 11.0 Å². The first kappa shape index (κ1) is 18.2. The molecule has 146 valence electrons. The lowest BCUT2D eigenvalue weighted by atomic mass is 10.2. The van der Waals surface area contributed by atoms with Gasteiger partial charge in [0.2, 0.25) is 0 Å². The Morgan fingerprint density at radius 3 is 2.89 bits per heavy atom. The molecule has 0 N–H and O–H groups in total. The smallest absolute Gasteiger partial charge is 0.251 e. The van der Waals surface area contributed by atoms with Crippen LogP contribution in [0, 0.1) is 0 Å². The third kappa shape index (κ3) is 3.63. The quantitative estimate of drug-likeness (QED) is 0.810. The van der Waals surface area contributed by atoms with E-state index >= 15 is 0 Å². The molecule has 0 saturated carbocycles. The Hall–Kier alpha value is -2.22. The maximum Gasteiger partial charge on any atom is 0.251 e. The van der Waals surface area contributed by atoms with Crippen molar-refractivity contribution in [3.05, 3.63) is 12.0 Å². The highest BCUT2D eigenvalue weighted by atomic mass is 16.5. The van der Waals surface area contributed by atoms with Crippen LogP contribution >= 0.6 is 0 Å². The molecular weight excluding hydrogens is 344 g/mol. The van der Waals surface area contributed by atoms with Crippen molar-refractivity contribution in [2.75, 3.05) is 37.7 Å². The summed E-state index contributed by atoms with van der Waals surface area (Å²) in [6.07, 6.45) is 6.22. The molecule has 4 heterocycles.